The molecule has 0 aliphatic carbocycles. The van der Waals surface area contributed by atoms with Crippen LogP contribution in [0.15, 0.2) is 36.9 Å². The highest BCUT2D eigenvalue weighted by Gasteiger charge is 2.13. The number of carbonyl (C=O) groups is 2. The average Bonchev–Trinajstić information content (AvgIpc) is 3.01. The molecule has 8 nitrogen and oxygen atoms in total. The second kappa shape index (κ2) is 7.32. The summed E-state index contributed by atoms with van der Waals surface area (Å²) < 4.78 is 1.70. The predicted octanol–water partition coefficient (Wildman–Crippen LogP) is -0.116. The van der Waals surface area contributed by atoms with E-state index in [9.17, 15) is 9.59 Å². The molecule has 0 unspecified atom stereocenters. The van der Waals surface area contributed by atoms with Gasteiger partial charge in [0.15, 0.2) is 0 Å². The molecule has 0 aliphatic rings. The summed E-state index contributed by atoms with van der Waals surface area (Å²) in [5, 5.41) is 12.6. The molecule has 1 aromatic carbocycles. The van der Waals surface area contributed by atoms with Gasteiger partial charge in [-0.15, -0.1) is 10.2 Å². The van der Waals surface area contributed by atoms with E-state index >= 15 is 0 Å². The van der Waals surface area contributed by atoms with Crippen LogP contribution >= 0.6 is 0 Å². The molecule has 22 heavy (non-hydrogen) atoms. The highest BCUT2D eigenvalue weighted by molar-refractivity contribution is 6.39. The number of carbonyl (C=O) groups excluding carboxylic acids is 2. The quantitative estimate of drug-likeness (QED) is 0.752. The average molecular weight is 302 g/mol. The lowest BCUT2D eigenvalue weighted by molar-refractivity contribution is -0.136. The fourth-order valence-electron chi connectivity index (χ4n) is 1.74. The van der Waals surface area contributed by atoms with Crippen LogP contribution < -0.4 is 10.6 Å². The minimum Gasteiger partial charge on any atom is -0.347 e. The fraction of sp³-hybridized carbons (Fsp3) is 0.286. The lowest BCUT2D eigenvalue weighted by atomic mass is 10.2. The molecule has 8 heteroatoms. The summed E-state index contributed by atoms with van der Waals surface area (Å²) in [6, 6.07) is 7.05. The van der Waals surface area contributed by atoms with Gasteiger partial charge >= 0.3 is 11.8 Å². The summed E-state index contributed by atoms with van der Waals surface area (Å²) in [5.74, 6) is -1.35. The van der Waals surface area contributed by atoms with Crippen molar-refractivity contribution < 1.29 is 9.59 Å². The van der Waals surface area contributed by atoms with E-state index in [1.807, 2.05) is 25.1 Å². The van der Waals surface area contributed by atoms with Gasteiger partial charge in [0.2, 0.25) is 0 Å². The fourth-order valence-corrected chi connectivity index (χ4v) is 1.74. The standard InChI is InChI=1S/C14H18N6O2/c1-19(2)7-6-15-13(21)14(22)18-11-4-3-5-12(8-11)20-9-16-17-10-20/h3-5,8-10H,6-7H2,1-2H3,(H,15,21)(H,18,22). The van der Waals surface area contributed by atoms with Gasteiger partial charge in [0.25, 0.3) is 0 Å². The van der Waals surface area contributed by atoms with Crippen molar-refractivity contribution in [2.45, 2.75) is 0 Å². The Morgan fingerprint density at radius 1 is 1.18 bits per heavy atom. The first-order chi connectivity index (χ1) is 10.6. The Labute approximate surface area is 128 Å². The van der Waals surface area contributed by atoms with Crippen molar-refractivity contribution in [1.29, 1.82) is 0 Å². The molecule has 2 amide bonds. The minimum absolute atomic E-state index is 0.417. The van der Waals surface area contributed by atoms with E-state index in [1.54, 1.807) is 35.4 Å². The van der Waals surface area contributed by atoms with Crippen LogP contribution in [0.1, 0.15) is 0 Å². The monoisotopic (exact) mass is 302 g/mol. The third kappa shape index (κ3) is 4.38. The van der Waals surface area contributed by atoms with Crippen molar-refractivity contribution >= 4 is 17.5 Å². The number of amides is 2. The molecule has 2 N–H and O–H groups in total. The van der Waals surface area contributed by atoms with Crippen LogP contribution in [0.4, 0.5) is 5.69 Å². The number of nitrogens with zero attached hydrogens (tertiary/aromatic N) is 4. The number of benzene rings is 1. The van der Waals surface area contributed by atoms with Gasteiger partial charge in [0.05, 0.1) is 5.69 Å². The van der Waals surface area contributed by atoms with Gasteiger partial charge in [-0.25, -0.2) is 0 Å². The molecule has 116 valence electrons. The maximum Gasteiger partial charge on any atom is 0.313 e. The van der Waals surface area contributed by atoms with E-state index in [-0.39, 0.29) is 0 Å². The number of aromatic nitrogens is 3. The predicted molar refractivity (Wildman–Crippen MR) is 81.6 cm³/mol. The third-order valence-corrected chi connectivity index (χ3v) is 2.87. The summed E-state index contributed by atoms with van der Waals surface area (Å²) in [7, 11) is 3.78. The topological polar surface area (TPSA) is 92.2 Å². The van der Waals surface area contributed by atoms with E-state index in [2.05, 4.69) is 20.8 Å². The Morgan fingerprint density at radius 3 is 2.59 bits per heavy atom. The molecule has 2 aromatic rings. The molecule has 1 aromatic heterocycles. The number of anilines is 1. The van der Waals surface area contributed by atoms with Gasteiger partial charge in [0.1, 0.15) is 12.7 Å². The number of likely N-dealkylation sites (N-methyl/N-ethyl adjacent to an activating group) is 1. The van der Waals surface area contributed by atoms with E-state index < -0.39 is 11.8 Å². The third-order valence-electron chi connectivity index (χ3n) is 2.87. The lowest BCUT2D eigenvalue weighted by Gasteiger charge is -2.11. The van der Waals surface area contributed by atoms with Crippen molar-refractivity contribution in [2.24, 2.45) is 0 Å². The summed E-state index contributed by atoms with van der Waals surface area (Å²) in [5.41, 5.74) is 1.31. The van der Waals surface area contributed by atoms with Gasteiger partial charge in [-0.05, 0) is 32.3 Å². The van der Waals surface area contributed by atoms with E-state index in [1.165, 1.54) is 0 Å². The normalized spacial score (nSPS) is 10.5. The zero-order valence-corrected chi connectivity index (χ0v) is 12.5. The molecule has 0 aliphatic heterocycles. The summed E-state index contributed by atoms with van der Waals surface area (Å²) in [6.45, 7) is 1.09. The number of rotatable bonds is 5. The number of nitrogens with one attached hydrogen (secondary N) is 2. The van der Waals surface area contributed by atoms with E-state index in [0.717, 1.165) is 5.69 Å². The Balaban J connectivity index is 1.94. The van der Waals surface area contributed by atoms with Crippen LogP contribution in [0.5, 0.6) is 0 Å². The molecular weight excluding hydrogens is 284 g/mol. The maximum atomic E-state index is 11.8. The maximum absolute atomic E-state index is 11.8. The van der Waals surface area contributed by atoms with Crippen LogP contribution in [0, 0.1) is 0 Å². The second-order valence-corrected chi connectivity index (χ2v) is 4.93. The first-order valence-corrected chi connectivity index (χ1v) is 6.75. The lowest BCUT2D eigenvalue weighted by Crippen LogP contribution is -2.38. The summed E-state index contributed by atoms with van der Waals surface area (Å²) >= 11 is 0. The Hall–Kier alpha value is -2.74. The first-order valence-electron chi connectivity index (χ1n) is 6.75. The molecule has 0 saturated heterocycles. The Kier molecular flexibility index (Phi) is 5.21. The largest absolute Gasteiger partial charge is 0.347 e. The Bertz CT molecular complexity index is 639. The van der Waals surface area contributed by atoms with Crippen LogP contribution in [-0.2, 0) is 9.59 Å². The zero-order valence-electron chi connectivity index (χ0n) is 12.5. The van der Waals surface area contributed by atoms with E-state index in [0.29, 0.717) is 18.8 Å². The van der Waals surface area contributed by atoms with Crippen molar-refractivity contribution in [3.8, 4) is 5.69 Å². The number of hydrogen-bond donors (Lipinski definition) is 2. The Morgan fingerprint density at radius 2 is 1.91 bits per heavy atom. The van der Waals surface area contributed by atoms with Crippen LogP contribution in [0.3, 0.4) is 0 Å². The number of hydrogen-bond acceptors (Lipinski definition) is 5. The van der Waals surface area contributed by atoms with Crippen molar-refractivity contribution in [3.05, 3.63) is 36.9 Å². The molecule has 0 atom stereocenters. The van der Waals surface area contributed by atoms with Crippen LogP contribution in [0.2, 0.25) is 0 Å². The zero-order chi connectivity index (χ0) is 15.9. The first kappa shape index (κ1) is 15.6. The van der Waals surface area contributed by atoms with Crippen molar-refractivity contribution in [3.63, 3.8) is 0 Å². The highest BCUT2D eigenvalue weighted by Crippen LogP contribution is 2.13. The van der Waals surface area contributed by atoms with Crippen molar-refractivity contribution in [1.82, 2.24) is 25.0 Å². The molecule has 0 saturated carbocycles. The highest BCUT2D eigenvalue weighted by atomic mass is 16.2. The smallest absolute Gasteiger partial charge is 0.313 e. The second-order valence-electron chi connectivity index (χ2n) is 4.93. The molecular formula is C14H18N6O2. The summed E-state index contributed by atoms with van der Waals surface area (Å²) in [4.78, 5) is 25.4. The van der Waals surface area contributed by atoms with Gasteiger partial charge in [-0.1, -0.05) is 6.07 Å². The molecule has 1 heterocycles. The summed E-state index contributed by atoms with van der Waals surface area (Å²) in [6.07, 6.45) is 3.10. The SMILES string of the molecule is CN(C)CCNC(=O)C(=O)Nc1cccc(-n2cnnc2)c1. The molecule has 0 spiro atoms. The van der Waals surface area contributed by atoms with Crippen molar-refractivity contribution in [2.75, 3.05) is 32.5 Å². The van der Waals surface area contributed by atoms with Gasteiger partial charge < -0.3 is 15.5 Å². The van der Waals surface area contributed by atoms with Gasteiger partial charge in [-0.2, -0.15) is 0 Å². The van der Waals surface area contributed by atoms with Gasteiger partial charge in [0, 0.05) is 18.8 Å². The molecule has 0 radical (unpaired) electrons. The van der Waals surface area contributed by atoms with Gasteiger partial charge in [-0.3, -0.25) is 14.2 Å². The molecule has 2 rings (SSSR count). The molecule has 0 bridgehead atoms. The van der Waals surface area contributed by atoms with Crippen LogP contribution in [-0.4, -0.2) is 58.7 Å². The van der Waals surface area contributed by atoms with Crippen LogP contribution in [0.25, 0.3) is 5.69 Å². The molecule has 0 fully saturated rings. The van der Waals surface area contributed by atoms with E-state index in [4.69, 9.17) is 0 Å². The minimum atomic E-state index is -0.695.